The lowest BCUT2D eigenvalue weighted by molar-refractivity contribution is 0.703. The topological polar surface area (TPSA) is 33.1 Å². The molecule has 0 bridgehead atoms. The highest BCUT2D eigenvalue weighted by Gasteiger charge is 2.06. The standard InChI is InChI=1S/C14H17N3/c1-2-3-4-7-11-10-14-15-12-8-5-6-9-13(12)17(14)16-11/h5-6,8-10,16H,2-4,7H2,1H3. The van der Waals surface area contributed by atoms with Crippen molar-refractivity contribution in [2.75, 3.05) is 0 Å². The van der Waals surface area contributed by atoms with Gasteiger partial charge in [0.2, 0.25) is 0 Å². The molecule has 1 aromatic carbocycles. The van der Waals surface area contributed by atoms with Gasteiger partial charge in [0.15, 0.2) is 5.65 Å². The molecule has 88 valence electrons. The van der Waals surface area contributed by atoms with Crippen molar-refractivity contribution in [3.63, 3.8) is 0 Å². The third kappa shape index (κ3) is 1.82. The molecule has 0 radical (unpaired) electrons. The first kappa shape index (κ1) is 10.4. The van der Waals surface area contributed by atoms with Crippen molar-refractivity contribution in [1.29, 1.82) is 0 Å². The highest BCUT2D eigenvalue weighted by molar-refractivity contribution is 5.79. The number of aromatic nitrogens is 3. The Morgan fingerprint density at radius 1 is 1.24 bits per heavy atom. The van der Waals surface area contributed by atoms with Crippen LogP contribution in [0.15, 0.2) is 30.3 Å². The summed E-state index contributed by atoms with van der Waals surface area (Å²) in [6.45, 7) is 2.23. The van der Waals surface area contributed by atoms with Crippen LogP contribution in [0.1, 0.15) is 31.9 Å². The minimum Gasteiger partial charge on any atom is -0.296 e. The molecule has 1 N–H and O–H groups in total. The molecule has 2 heterocycles. The van der Waals surface area contributed by atoms with E-state index in [2.05, 4.69) is 33.7 Å². The summed E-state index contributed by atoms with van der Waals surface area (Å²) in [6.07, 6.45) is 4.92. The Kier molecular flexibility index (Phi) is 2.59. The summed E-state index contributed by atoms with van der Waals surface area (Å²) < 4.78 is 2.08. The van der Waals surface area contributed by atoms with Gasteiger partial charge in [-0.15, -0.1) is 0 Å². The maximum Gasteiger partial charge on any atom is 0.154 e. The van der Waals surface area contributed by atoms with Crippen LogP contribution in [0.2, 0.25) is 0 Å². The van der Waals surface area contributed by atoms with Crippen LogP contribution in [0.3, 0.4) is 0 Å². The van der Waals surface area contributed by atoms with Crippen molar-refractivity contribution in [2.24, 2.45) is 0 Å². The molecule has 0 spiro atoms. The lowest BCUT2D eigenvalue weighted by Gasteiger charge is -1.96. The first-order chi connectivity index (χ1) is 8.38. The first-order valence-electron chi connectivity index (χ1n) is 6.33. The van der Waals surface area contributed by atoms with E-state index in [9.17, 15) is 0 Å². The Labute approximate surface area is 100 Å². The van der Waals surface area contributed by atoms with Crippen molar-refractivity contribution < 1.29 is 0 Å². The second kappa shape index (κ2) is 4.24. The van der Waals surface area contributed by atoms with Crippen LogP contribution in [-0.4, -0.2) is 14.6 Å². The minimum absolute atomic E-state index is 1.03. The Balaban J connectivity index is 1.96. The van der Waals surface area contributed by atoms with Crippen molar-refractivity contribution in [3.8, 4) is 0 Å². The van der Waals surface area contributed by atoms with Crippen molar-refractivity contribution in [1.82, 2.24) is 14.6 Å². The van der Waals surface area contributed by atoms with Gasteiger partial charge in [-0.3, -0.25) is 5.10 Å². The maximum atomic E-state index is 4.60. The Hall–Kier alpha value is -1.77. The normalized spacial score (nSPS) is 11.6. The van der Waals surface area contributed by atoms with Crippen LogP contribution in [0, 0.1) is 0 Å². The van der Waals surface area contributed by atoms with Gasteiger partial charge >= 0.3 is 0 Å². The molecule has 3 heteroatoms. The van der Waals surface area contributed by atoms with E-state index < -0.39 is 0 Å². The summed E-state index contributed by atoms with van der Waals surface area (Å²) >= 11 is 0. The van der Waals surface area contributed by atoms with Crippen LogP contribution < -0.4 is 0 Å². The molecule has 0 unspecified atom stereocenters. The van der Waals surface area contributed by atoms with Crippen LogP contribution in [0.4, 0.5) is 0 Å². The third-order valence-corrected chi connectivity index (χ3v) is 3.20. The molecule has 0 fully saturated rings. The maximum absolute atomic E-state index is 4.60. The zero-order valence-corrected chi connectivity index (χ0v) is 10.1. The fourth-order valence-electron chi connectivity index (χ4n) is 2.28. The number of para-hydroxylation sites is 2. The average molecular weight is 227 g/mol. The molecule has 17 heavy (non-hydrogen) atoms. The van der Waals surface area contributed by atoms with Crippen LogP contribution >= 0.6 is 0 Å². The smallest absolute Gasteiger partial charge is 0.154 e. The monoisotopic (exact) mass is 227 g/mol. The SMILES string of the molecule is CCCCCc1cc2nc3ccccc3n2[nH]1. The number of imidazole rings is 1. The molecule has 2 aromatic heterocycles. The van der Waals surface area contributed by atoms with E-state index in [1.54, 1.807) is 0 Å². The first-order valence-corrected chi connectivity index (χ1v) is 6.33. The second-order valence-electron chi connectivity index (χ2n) is 4.53. The molecule has 3 aromatic rings. The zero-order valence-electron chi connectivity index (χ0n) is 10.1. The largest absolute Gasteiger partial charge is 0.296 e. The highest BCUT2D eigenvalue weighted by Crippen LogP contribution is 2.17. The molecular formula is C14H17N3. The lowest BCUT2D eigenvalue weighted by atomic mass is 10.2. The molecule has 0 saturated heterocycles. The molecule has 0 atom stereocenters. The van der Waals surface area contributed by atoms with Gasteiger partial charge in [-0.2, -0.15) is 0 Å². The van der Waals surface area contributed by atoms with E-state index in [-0.39, 0.29) is 0 Å². The highest BCUT2D eigenvalue weighted by atomic mass is 15.3. The summed E-state index contributed by atoms with van der Waals surface area (Å²) in [5.41, 5.74) is 4.52. The van der Waals surface area contributed by atoms with Gasteiger partial charge in [-0.25, -0.2) is 9.50 Å². The molecule has 0 saturated carbocycles. The Morgan fingerprint density at radius 3 is 3.00 bits per heavy atom. The van der Waals surface area contributed by atoms with Gasteiger partial charge in [0.25, 0.3) is 0 Å². The summed E-state index contributed by atoms with van der Waals surface area (Å²) in [5.74, 6) is 0. The number of aromatic amines is 1. The van der Waals surface area contributed by atoms with Crippen molar-refractivity contribution in [2.45, 2.75) is 32.6 Å². The number of benzene rings is 1. The number of nitrogens with one attached hydrogen (secondary N) is 1. The summed E-state index contributed by atoms with van der Waals surface area (Å²) in [7, 11) is 0. The summed E-state index contributed by atoms with van der Waals surface area (Å²) in [5, 5.41) is 3.43. The quantitative estimate of drug-likeness (QED) is 0.679. The number of rotatable bonds is 4. The van der Waals surface area contributed by atoms with E-state index in [0.29, 0.717) is 0 Å². The predicted molar refractivity (Wildman–Crippen MR) is 70.3 cm³/mol. The predicted octanol–water partition coefficient (Wildman–Crippen LogP) is 3.55. The number of nitrogens with zero attached hydrogens (tertiary/aromatic N) is 2. The average Bonchev–Trinajstić information content (AvgIpc) is 2.86. The lowest BCUT2D eigenvalue weighted by Crippen LogP contribution is -1.89. The fraction of sp³-hybridized carbons (Fsp3) is 0.357. The molecule has 0 aliphatic carbocycles. The van der Waals surface area contributed by atoms with Gasteiger partial charge in [-0.05, 0) is 25.0 Å². The van der Waals surface area contributed by atoms with E-state index >= 15 is 0 Å². The van der Waals surface area contributed by atoms with E-state index in [0.717, 1.165) is 23.1 Å². The zero-order chi connectivity index (χ0) is 11.7. The number of H-pyrrole nitrogens is 1. The number of unbranched alkanes of at least 4 members (excludes halogenated alkanes) is 2. The van der Waals surface area contributed by atoms with Crippen molar-refractivity contribution >= 4 is 16.7 Å². The molecule has 3 rings (SSSR count). The van der Waals surface area contributed by atoms with Crippen LogP contribution in [0.5, 0.6) is 0 Å². The number of fused-ring (bicyclic) bond motifs is 3. The number of hydrogen-bond donors (Lipinski definition) is 1. The molecule has 0 amide bonds. The number of hydrogen-bond acceptors (Lipinski definition) is 1. The Morgan fingerprint density at radius 2 is 2.12 bits per heavy atom. The van der Waals surface area contributed by atoms with Gasteiger partial charge in [0.1, 0.15) is 0 Å². The van der Waals surface area contributed by atoms with Crippen LogP contribution in [-0.2, 0) is 6.42 Å². The Bertz CT molecular complexity index is 633. The molecule has 0 aliphatic rings. The third-order valence-electron chi connectivity index (χ3n) is 3.20. The minimum atomic E-state index is 1.03. The summed E-state index contributed by atoms with van der Waals surface area (Å²) in [6, 6.07) is 10.4. The van der Waals surface area contributed by atoms with E-state index in [1.807, 2.05) is 18.2 Å². The molecule has 3 nitrogen and oxygen atoms in total. The van der Waals surface area contributed by atoms with Gasteiger partial charge in [0.05, 0.1) is 11.0 Å². The molecular weight excluding hydrogens is 210 g/mol. The van der Waals surface area contributed by atoms with Gasteiger partial charge < -0.3 is 0 Å². The second-order valence-corrected chi connectivity index (χ2v) is 4.53. The summed E-state index contributed by atoms with van der Waals surface area (Å²) in [4.78, 5) is 4.60. The molecule has 0 aliphatic heterocycles. The van der Waals surface area contributed by atoms with Crippen molar-refractivity contribution in [3.05, 3.63) is 36.0 Å². The number of aryl methyl sites for hydroxylation is 1. The fourth-order valence-corrected chi connectivity index (χ4v) is 2.28. The van der Waals surface area contributed by atoms with Gasteiger partial charge in [0, 0.05) is 11.8 Å². The van der Waals surface area contributed by atoms with E-state index in [1.165, 1.54) is 25.0 Å². The van der Waals surface area contributed by atoms with Crippen LogP contribution in [0.25, 0.3) is 16.7 Å². The van der Waals surface area contributed by atoms with E-state index in [4.69, 9.17) is 0 Å². The van der Waals surface area contributed by atoms with Gasteiger partial charge in [-0.1, -0.05) is 31.9 Å².